The molecule has 0 N–H and O–H groups in total. The fourth-order valence-corrected chi connectivity index (χ4v) is 3.46. The van der Waals surface area contributed by atoms with E-state index in [1.54, 1.807) is 0 Å². The summed E-state index contributed by atoms with van der Waals surface area (Å²) in [4.78, 5) is 14.4. The molecule has 1 amide bonds. The quantitative estimate of drug-likeness (QED) is 0.750. The molecule has 0 spiro atoms. The molecule has 0 bridgehead atoms. The smallest absolute Gasteiger partial charge is 0.225 e. The SMILES string of the molecule is O=C(CC1CCCO1)N1CCCCCC1CBr. The Balaban J connectivity index is 1.89. The van der Waals surface area contributed by atoms with E-state index in [0.29, 0.717) is 18.4 Å². The van der Waals surface area contributed by atoms with Crippen LogP contribution in [0.15, 0.2) is 0 Å². The molecule has 0 aromatic rings. The minimum atomic E-state index is 0.182. The minimum absolute atomic E-state index is 0.182. The summed E-state index contributed by atoms with van der Waals surface area (Å²) in [6.45, 7) is 1.77. The third-order valence-electron chi connectivity index (χ3n) is 3.80. The molecule has 17 heavy (non-hydrogen) atoms. The van der Waals surface area contributed by atoms with Gasteiger partial charge in [0, 0.05) is 24.5 Å². The predicted molar refractivity (Wildman–Crippen MR) is 71.4 cm³/mol. The van der Waals surface area contributed by atoms with Gasteiger partial charge in [-0.3, -0.25) is 4.79 Å². The van der Waals surface area contributed by atoms with Crippen molar-refractivity contribution >= 4 is 21.8 Å². The Bertz CT molecular complexity index is 254. The van der Waals surface area contributed by atoms with Crippen LogP contribution in [0.2, 0.25) is 0 Å². The van der Waals surface area contributed by atoms with Gasteiger partial charge in [-0.25, -0.2) is 0 Å². The summed E-state index contributed by atoms with van der Waals surface area (Å²) in [6.07, 6.45) is 7.74. The molecule has 0 aliphatic carbocycles. The van der Waals surface area contributed by atoms with Gasteiger partial charge in [-0.2, -0.15) is 0 Å². The van der Waals surface area contributed by atoms with Crippen LogP contribution < -0.4 is 0 Å². The van der Waals surface area contributed by atoms with E-state index in [4.69, 9.17) is 4.74 Å². The van der Waals surface area contributed by atoms with Crippen molar-refractivity contribution in [2.45, 2.75) is 57.1 Å². The van der Waals surface area contributed by atoms with E-state index in [1.807, 2.05) is 0 Å². The lowest BCUT2D eigenvalue weighted by Crippen LogP contribution is -2.42. The molecular weight excluding hydrogens is 282 g/mol. The van der Waals surface area contributed by atoms with Gasteiger partial charge in [-0.1, -0.05) is 28.8 Å². The number of carbonyl (C=O) groups is 1. The standard InChI is InChI=1S/C13H22BrNO2/c14-10-11-5-2-1-3-7-15(11)13(16)9-12-6-4-8-17-12/h11-12H,1-10H2. The number of rotatable bonds is 3. The Morgan fingerprint density at radius 1 is 1.24 bits per heavy atom. The third-order valence-corrected chi connectivity index (χ3v) is 4.55. The average molecular weight is 304 g/mol. The maximum absolute atomic E-state index is 12.3. The van der Waals surface area contributed by atoms with Crippen molar-refractivity contribution in [3.63, 3.8) is 0 Å². The second-order valence-corrected chi connectivity index (χ2v) is 5.73. The molecular formula is C13H22BrNO2. The average Bonchev–Trinajstić information content (AvgIpc) is 2.71. The zero-order chi connectivity index (χ0) is 12.1. The highest BCUT2D eigenvalue weighted by molar-refractivity contribution is 9.09. The molecule has 2 atom stereocenters. The van der Waals surface area contributed by atoms with E-state index in [9.17, 15) is 4.79 Å². The predicted octanol–water partition coefficient (Wildman–Crippen LogP) is 2.72. The number of hydrogen-bond donors (Lipinski definition) is 0. The second-order valence-electron chi connectivity index (χ2n) is 5.08. The summed E-state index contributed by atoms with van der Waals surface area (Å²) < 4.78 is 5.56. The molecule has 0 aromatic carbocycles. The lowest BCUT2D eigenvalue weighted by Gasteiger charge is -2.29. The molecule has 3 nitrogen and oxygen atoms in total. The molecule has 2 fully saturated rings. The molecule has 2 saturated heterocycles. The van der Waals surface area contributed by atoms with Gasteiger partial charge in [-0.15, -0.1) is 0 Å². The highest BCUT2D eigenvalue weighted by Crippen LogP contribution is 2.22. The van der Waals surface area contributed by atoms with Crippen molar-refractivity contribution in [3.05, 3.63) is 0 Å². The largest absolute Gasteiger partial charge is 0.378 e. The van der Waals surface area contributed by atoms with Crippen LogP contribution in [-0.2, 0) is 9.53 Å². The minimum Gasteiger partial charge on any atom is -0.378 e. The van der Waals surface area contributed by atoms with E-state index in [1.165, 1.54) is 12.8 Å². The van der Waals surface area contributed by atoms with Crippen LogP contribution >= 0.6 is 15.9 Å². The normalized spacial score (nSPS) is 30.3. The number of likely N-dealkylation sites (tertiary alicyclic amines) is 1. The summed E-state index contributed by atoms with van der Waals surface area (Å²) in [6, 6.07) is 0.395. The molecule has 2 unspecified atom stereocenters. The first kappa shape index (κ1) is 13.3. The van der Waals surface area contributed by atoms with Gasteiger partial charge in [0.25, 0.3) is 0 Å². The first-order chi connectivity index (χ1) is 8.31. The number of halogens is 1. The third kappa shape index (κ3) is 3.68. The lowest BCUT2D eigenvalue weighted by molar-refractivity contribution is -0.135. The van der Waals surface area contributed by atoms with Crippen molar-refractivity contribution in [1.29, 1.82) is 0 Å². The second kappa shape index (κ2) is 6.74. The van der Waals surface area contributed by atoms with E-state index in [-0.39, 0.29) is 6.10 Å². The van der Waals surface area contributed by atoms with Crippen LogP contribution in [0.25, 0.3) is 0 Å². The van der Waals surface area contributed by atoms with E-state index < -0.39 is 0 Å². The van der Waals surface area contributed by atoms with E-state index in [0.717, 1.165) is 44.2 Å². The molecule has 4 heteroatoms. The molecule has 2 aliphatic rings. The molecule has 2 rings (SSSR count). The Morgan fingerprint density at radius 2 is 2.12 bits per heavy atom. The van der Waals surface area contributed by atoms with Gasteiger partial charge in [0.2, 0.25) is 5.91 Å². The lowest BCUT2D eigenvalue weighted by atomic mass is 10.1. The van der Waals surface area contributed by atoms with Crippen molar-refractivity contribution in [1.82, 2.24) is 4.90 Å². The zero-order valence-electron chi connectivity index (χ0n) is 10.4. The van der Waals surface area contributed by atoms with E-state index >= 15 is 0 Å². The van der Waals surface area contributed by atoms with Crippen molar-refractivity contribution in [2.24, 2.45) is 0 Å². The highest BCUT2D eigenvalue weighted by Gasteiger charge is 2.27. The monoisotopic (exact) mass is 303 g/mol. The van der Waals surface area contributed by atoms with Gasteiger partial charge >= 0.3 is 0 Å². The zero-order valence-corrected chi connectivity index (χ0v) is 12.0. The maximum atomic E-state index is 12.3. The summed E-state index contributed by atoms with van der Waals surface area (Å²) >= 11 is 3.54. The summed E-state index contributed by atoms with van der Waals surface area (Å²) in [7, 11) is 0. The van der Waals surface area contributed by atoms with Crippen LogP contribution in [0, 0.1) is 0 Å². The Labute approximate surface area is 112 Å². The van der Waals surface area contributed by atoms with Gasteiger partial charge in [0.05, 0.1) is 12.5 Å². The van der Waals surface area contributed by atoms with Gasteiger partial charge in [0.1, 0.15) is 0 Å². The summed E-state index contributed by atoms with van der Waals surface area (Å²) in [5, 5.41) is 0.907. The number of amides is 1. The Morgan fingerprint density at radius 3 is 2.82 bits per heavy atom. The van der Waals surface area contributed by atoms with E-state index in [2.05, 4.69) is 20.8 Å². The van der Waals surface area contributed by atoms with Crippen LogP contribution in [0.3, 0.4) is 0 Å². The maximum Gasteiger partial charge on any atom is 0.225 e. The summed E-state index contributed by atoms with van der Waals surface area (Å²) in [5.74, 6) is 0.295. The number of alkyl halides is 1. The van der Waals surface area contributed by atoms with Gasteiger partial charge in [-0.05, 0) is 25.7 Å². The number of carbonyl (C=O) groups excluding carboxylic acids is 1. The van der Waals surface area contributed by atoms with Gasteiger partial charge in [0.15, 0.2) is 0 Å². The fourth-order valence-electron chi connectivity index (χ4n) is 2.78. The topological polar surface area (TPSA) is 29.5 Å². The first-order valence-electron chi connectivity index (χ1n) is 6.78. The number of hydrogen-bond acceptors (Lipinski definition) is 2. The Hall–Kier alpha value is -0.0900. The Kier molecular flexibility index (Phi) is 5.29. The molecule has 0 radical (unpaired) electrons. The highest BCUT2D eigenvalue weighted by atomic mass is 79.9. The molecule has 2 aliphatic heterocycles. The molecule has 2 heterocycles. The van der Waals surface area contributed by atoms with Crippen LogP contribution in [0.4, 0.5) is 0 Å². The number of ether oxygens (including phenoxy) is 1. The van der Waals surface area contributed by atoms with Crippen LogP contribution in [0.1, 0.15) is 44.9 Å². The van der Waals surface area contributed by atoms with Crippen molar-refractivity contribution < 1.29 is 9.53 Å². The van der Waals surface area contributed by atoms with Gasteiger partial charge < -0.3 is 9.64 Å². The molecule has 98 valence electrons. The fraction of sp³-hybridized carbons (Fsp3) is 0.923. The van der Waals surface area contributed by atoms with Crippen molar-refractivity contribution in [3.8, 4) is 0 Å². The first-order valence-corrected chi connectivity index (χ1v) is 7.90. The summed E-state index contributed by atoms with van der Waals surface area (Å²) in [5.41, 5.74) is 0. The molecule has 0 saturated carbocycles. The van der Waals surface area contributed by atoms with Crippen LogP contribution in [0.5, 0.6) is 0 Å². The molecule has 0 aromatic heterocycles. The number of nitrogens with zero attached hydrogens (tertiary/aromatic N) is 1. The van der Waals surface area contributed by atoms with Crippen LogP contribution in [-0.4, -0.2) is 41.4 Å². The van der Waals surface area contributed by atoms with Crippen molar-refractivity contribution in [2.75, 3.05) is 18.5 Å².